The van der Waals surface area contributed by atoms with Crippen molar-refractivity contribution in [1.82, 2.24) is 15.5 Å². The molecule has 2 aromatic rings. The van der Waals surface area contributed by atoms with Crippen LogP contribution in [0.25, 0.3) is 0 Å². The van der Waals surface area contributed by atoms with Crippen molar-refractivity contribution < 1.29 is 14.0 Å². The molecule has 0 saturated carbocycles. The van der Waals surface area contributed by atoms with Crippen LogP contribution in [0.5, 0.6) is 0 Å². The van der Waals surface area contributed by atoms with Crippen molar-refractivity contribution in [2.75, 3.05) is 44.2 Å². The van der Waals surface area contributed by atoms with Crippen molar-refractivity contribution >= 4 is 17.5 Å². The second kappa shape index (κ2) is 10.7. The highest BCUT2D eigenvalue weighted by atomic mass is 16.3. The lowest BCUT2D eigenvalue weighted by atomic mass is 10.1. The number of rotatable bonds is 8. The quantitative estimate of drug-likeness (QED) is 0.526. The largest absolute Gasteiger partial charge is 0.468 e. The third-order valence-corrected chi connectivity index (χ3v) is 5.23. The Morgan fingerprint density at radius 3 is 2.38 bits per heavy atom. The van der Waals surface area contributed by atoms with Gasteiger partial charge in [0.15, 0.2) is 0 Å². The minimum atomic E-state index is -0.597. The SMILES string of the molecule is CCCCNC(=O)C(=O)NC[C@H](c1ccco1)N1CCN(c2ccccc2)CC1. The molecule has 0 radical (unpaired) electrons. The van der Waals surface area contributed by atoms with Crippen molar-refractivity contribution in [2.45, 2.75) is 25.8 Å². The van der Waals surface area contributed by atoms with E-state index in [1.165, 1.54) is 5.69 Å². The smallest absolute Gasteiger partial charge is 0.309 e. The molecule has 2 amide bonds. The number of para-hydroxylation sites is 1. The number of benzene rings is 1. The number of nitrogens with one attached hydrogen (secondary N) is 2. The van der Waals surface area contributed by atoms with Crippen LogP contribution < -0.4 is 15.5 Å². The number of nitrogens with zero attached hydrogens (tertiary/aromatic N) is 2. The van der Waals surface area contributed by atoms with E-state index in [-0.39, 0.29) is 6.04 Å². The number of carbonyl (C=O) groups excluding carboxylic acids is 2. The number of hydrogen-bond acceptors (Lipinski definition) is 5. The zero-order valence-corrected chi connectivity index (χ0v) is 17.0. The number of anilines is 1. The molecule has 2 N–H and O–H groups in total. The van der Waals surface area contributed by atoms with Crippen molar-refractivity contribution in [3.8, 4) is 0 Å². The molecular weight excluding hydrogens is 368 g/mol. The van der Waals surface area contributed by atoms with Crippen LogP contribution >= 0.6 is 0 Å². The normalized spacial score (nSPS) is 15.7. The van der Waals surface area contributed by atoms with Crippen molar-refractivity contribution in [3.05, 3.63) is 54.5 Å². The molecule has 0 spiro atoms. The fourth-order valence-corrected chi connectivity index (χ4v) is 3.55. The molecular formula is C22H30N4O3. The fraction of sp³-hybridized carbons (Fsp3) is 0.455. The zero-order valence-electron chi connectivity index (χ0n) is 17.0. The molecule has 7 heteroatoms. The molecule has 3 rings (SSSR count). The second-order valence-electron chi connectivity index (χ2n) is 7.21. The molecule has 1 atom stereocenters. The van der Waals surface area contributed by atoms with Gasteiger partial charge in [0.25, 0.3) is 0 Å². The van der Waals surface area contributed by atoms with E-state index in [1.54, 1.807) is 6.26 Å². The van der Waals surface area contributed by atoms with Gasteiger partial charge in [-0.2, -0.15) is 0 Å². The molecule has 156 valence electrons. The molecule has 1 aromatic carbocycles. The Bertz CT molecular complexity index is 756. The van der Waals surface area contributed by atoms with E-state index in [2.05, 4.69) is 44.7 Å². The third-order valence-electron chi connectivity index (χ3n) is 5.23. The summed E-state index contributed by atoms with van der Waals surface area (Å²) in [5.74, 6) is -0.379. The van der Waals surface area contributed by atoms with Crippen LogP contribution in [0.4, 0.5) is 5.69 Å². The first kappa shape index (κ1) is 20.9. The third kappa shape index (κ3) is 5.84. The molecule has 1 aliphatic rings. The lowest BCUT2D eigenvalue weighted by Gasteiger charge is -2.39. The topological polar surface area (TPSA) is 77.8 Å². The number of piperazine rings is 1. The van der Waals surface area contributed by atoms with Gasteiger partial charge >= 0.3 is 11.8 Å². The summed E-state index contributed by atoms with van der Waals surface area (Å²) in [6.07, 6.45) is 3.47. The summed E-state index contributed by atoms with van der Waals surface area (Å²) in [5, 5.41) is 5.42. The highest BCUT2D eigenvalue weighted by Gasteiger charge is 2.28. The van der Waals surface area contributed by atoms with Crippen LogP contribution in [0.2, 0.25) is 0 Å². The van der Waals surface area contributed by atoms with Crippen LogP contribution in [0, 0.1) is 0 Å². The Hall–Kier alpha value is -2.80. The van der Waals surface area contributed by atoms with Crippen molar-refractivity contribution in [2.24, 2.45) is 0 Å². The lowest BCUT2D eigenvalue weighted by Crippen LogP contribution is -2.50. The van der Waals surface area contributed by atoms with E-state index in [9.17, 15) is 9.59 Å². The monoisotopic (exact) mass is 398 g/mol. The standard InChI is InChI=1S/C22H30N4O3/c1-2-3-11-23-21(27)22(28)24-17-19(20-10-7-16-29-20)26-14-12-25(13-15-26)18-8-5-4-6-9-18/h4-10,16,19H,2-3,11-15,17H2,1H3,(H,23,27)(H,24,28)/t19-/m1/s1. The van der Waals surface area contributed by atoms with E-state index in [0.29, 0.717) is 13.1 Å². The molecule has 0 unspecified atom stereocenters. The Balaban J connectivity index is 1.56. The molecule has 1 saturated heterocycles. The molecule has 1 aromatic heterocycles. The summed E-state index contributed by atoms with van der Waals surface area (Å²) in [5.41, 5.74) is 1.22. The Morgan fingerprint density at radius 2 is 1.72 bits per heavy atom. The predicted molar refractivity (Wildman–Crippen MR) is 113 cm³/mol. The average Bonchev–Trinajstić information content (AvgIpc) is 3.29. The highest BCUT2D eigenvalue weighted by Crippen LogP contribution is 2.24. The van der Waals surface area contributed by atoms with E-state index >= 15 is 0 Å². The maximum atomic E-state index is 12.2. The van der Waals surface area contributed by atoms with Crippen LogP contribution in [0.15, 0.2) is 53.1 Å². The average molecular weight is 399 g/mol. The van der Waals surface area contributed by atoms with Gasteiger partial charge < -0.3 is 20.0 Å². The van der Waals surface area contributed by atoms with Crippen LogP contribution in [-0.2, 0) is 9.59 Å². The van der Waals surface area contributed by atoms with E-state index in [1.807, 2.05) is 25.1 Å². The molecule has 0 bridgehead atoms. The Morgan fingerprint density at radius 1 is 1.00 bits per heavy atom. The summed E-state index contributed by atoms with van der Waals surface area (Å²) < 4.78 is 5.63. The maximum Gasteiger partial charge on any atom is 0.309 e. The first-order chi connectivity index (χ1) is 14.2. The molecule has 7 nitrogen and oxygen atoms in total. The van der Waals surface area contributed by atoms with E-state index in [0.717, 1.165) is 44.8 Å². The minimum Gasteiger partial charge on any atom is -0.468 e. The predicted octanol–water partition coefficient (Wildman–Crippen LogP) is 2.18. The number of furan rings is 1. The first-order valence-electron chi connectivity index (χ1n) is 10.3. The molecule has 2 heterocycles. The van der Waals surface area contributed by atoms with Gasteiger partial charge in [-0.25, -0.2) is 0 Å². The number of unbranched alkanes of at least 4 members (excludes halogenated alkanes) is 1. The van der Waals surface area contributed by atoms with Gasteiger partial charge in [0, 0.05) is 45.0 Å². The number of hydrogen-bond donors (Lipinski definition) is 2. The molecule has 29 heavy (non-hydrogen) atoms. The van der Waals surface area contributed by atoms with Gasteiger partial charge in [-0.1, -0.05) is 31.5 Å². The second-order valence-corrected chi connectivity index (χ2v) is 7.21. The number of carbonyl (C=O) groups is 2. The van der Waals surface area contributed by atoms with Gasteiger partial charge in [-0.15, -0.1) is 0 Å². The summed E-state index contributed by atoms with van der Waals surface area (Å²) in [6, 6.07) is 14.0. The van der Waals surface area contributed by atoms with Gasteiger partial charge in [0.2, 0.25) is 0 Å². The van der Waals surface area contributed by atoms with Crippen LogP contribution in [0.1, 0.15) is 31.6 Å². The van der Waals surface area contributed by atoms with Crippen LogP contribution in [0.3, 0.4) is 0 Å². The Labute approximate surface area is 172 Å². The summed E-state index contributed by atoms with van der Waals surface area (Å²) in [6.45, 7) is 6.37. The highest BCUT2D eigenvalue weighted by molar-refractivity contribution is 6.35. The van der Waals surface area contributed by atoms with Gasteiger partial charge in [0.05, 0.1) is 12.3 Å². The summed E-state index contributed by atoms with van der Waals surface area (Å²) in [7, 11) is 0. The van der Waals surface area contributed by atoms with Crippen LogP contribution in [-0.4, -0.2) is 56.0 Å². The maximum absolute atomic E-state index is 12.2. The first-order valence-corrected chi connectivity index (χ1v) is 10.3. The van der Waals surface area contributed by atoms with Gasteiger partial charge in [0.1, 0.15) is 5.76 Å². The molecule has 0 aliphatic carbocycles. The molecule has 1 aliphatic heterocycles. The minimum absolute atomic E-state index is 0.102. The summed E-state index contributed by atoms with van der Waals surface area (Å²) in [4.78, 5) is 28.7. The fourth-order valence-electron chi connectivity index (χ4n) is 3.55. The summed E-state index contributed by atoms with van der Waals surface area (Å²) >= 11 is 0. The van der Waals surface area contributed by atoms with Crippen molar-refractivity contribution in [3.63, 3.8) is 0 Å². The van der Waals surface area contributed by atoms with Gasteiger partial charge in [-0.05, 0) is 30.7 Å². The zero-order chi connectivity index (χ0) is 20.5. The van der Waals surface area contributed by atoms with E-state index in [4.69, 9.17) is 4.42 Å². The van der Waals surface area contributed by atoms with Crippen molar-refractivity contribution in [1.29, 1.82) is 0 Å². The lowest BCUT2D eigenvalue weighted by molar-refractivity contribution is -0.139. The number of amides is 2. The van der Waals surface area contributed by atoms with Gasteiger partial charge in [-0.3, -0.25) is 14.5 Å². The van der Waals surface area contributed by atoms with E-state index < -0.39 is 11.8 Å². The molecule has 1 fully saturated rings. The Kier molecular flexibility index (Phi) is 7.69.